The van der Waals surface area contributed by atoms with E-state index in [-0.39, 0.29) is 24.9 Å². The van der Waals surface area contributed by atoms with Gasteiger partial charge in [-0.25, -0.2) is 0 Å². The molecule has 0 saturated heterocycles. The summed E-state index contributed by atoms with van der Waals surface area (Å²) in [6.07, 6.45) is 0.203. The maximum atomic E-state index is 11.9. The maximum Gasteiger partial charge on any atom is 0.307 e. The van der Waals surface area contributed by atoms with Gasteiger partial charge in [0.05, 0.1) is 20.1 Å². The van der Waals surface area contributed by atoms with E-state index >= 15 is 0 Å². The average molecular weight is 279 g/mol. The summed E-state index contributed by atoms with van der Waals surface area (Å²) in [5.74, 6) is -0.436. The van der Waals surface area contributed by atoms with Gasteiger partial charge in [-0.2, -0.15) is 0 Å². The molecule has 0 aliphatic carbocycles. The summed E-state index contributed by atoms with van der Waals surface area (Å²) in [5.41, 5.74) is 1.03. The fourth-order valence-corrected chi connectivity index (χ4v) is 1.71. The molecule has 0 heterocycles. The number of hydrogen-bond donors (Lipinski definition) is 0. The van der Waals surface area contributed by atoms with Crippen LogP contribution >= 0.6 is 0 Å². The second kappa shape index (κ2) is 9.09. The van der Waals surface area contributed by atoms with Crippen molar-refractivity contribution in [1.82, 2.24) is 4.90 Å². The third kappa shape index (κ3) is 5.84. The van der Waals surface area contributed by atoms with Crippen molar-refractivity contribution < 1.29 is 19.1 Å². The Kier molecular flexibility index (Phi) is 7.35. The van der Waals surface area contributed by atoms with Gasteiger partial charge in [-0.1, -0.05) is 30.3 Å². The quantitative estimate of drug-likeness (QED) is 0.678. The van der Waals surface area contributed by atoms with E-state index in [0.717, 1.165) is 5.56 Å². The number of hydrogen-bond acceptors (Lipinski definition) is 4. The first kappa shape index (κ1) is 16.2. The minimum absolute atomic E-state index is 0.0178. The highest BCUT2D eigenvalue weighted by Gasteiger charge is 2.13. The molecular formula is C15H21NO4. The molecule has 0 radical (unpaired) electrons. The van der Waals surface area contributed by atoms with E-state index in [1.54, 1.807) is 4.90 Å². The van der Waals surface area contributed by atoms with Crippen LogP contribution in [0.4, 0.5) is 0 Å². The lowest BCUT2D eigenvalue weighted by molar-refractivity contribution is -0.142. The predicted octanol–water partition coefficient (Wildman–Crippen LogP) is 1.61. The second-order valence-electron chi connectivity index (χ2n) is 4.28. The SMILES string of the molecule is CCN(CCC(=O)OC)C(=O)COCc1ccccc1. The molecule has 20 heavy (non-hydrogen) atoms. The van der Waals surface area contributed by atoms with Crippen molar-refractivity contribution >= 4 is 11.9 Å². The third-order valence-corrected chi connectivity index (χ3v) is 2.89. The molecule has 0 fully saturated rings. The van der Waals surface area contributed by atoms with Gasteiger partial charge in [-0.3, -0.25) is 9.59 Å². The highest BCUT2D eigenvalue weighted by molar-refractivity contribution is 5.78. The number of benzene rings is 1. The molecule has 0 aliphatic rings. The zero-order valence-electron chi connectivity index (χ0n) is 12.0. The second-order valence-corrected chi connectivity index (χ2v) is 4.28. The first-order chi connectivity index (χ1) is 9.67. The van der Waals surface area contributed by atoms with Crippen molar-refractivity contribution in [3.63, 3.8) is 0 Å². The van der Waals surface area contributed by atoms with Gasteiger partial charge in [0.15, 0.2) is 0 Å². The molecule has 0 unspecified atom stereocenters. The Balaban J connectivity index is 2.30. The lowest BCUT2D eigenvalue weighted by Crippen LogP contribution is -2.35. The zero-order valence-corrected chi connectivity index (χ0v) is 12.0. The number of ether oxygens (including phenoxy) is 2. The topological polar surface area (TPSA) is 55.8 Å². The van der Waals surface area contributed by atoms with Gasteiger partial charge in [0.25, 0.3) is 0 Å². The lowest BCUT2D eigenvalue weighted by atomic mass is 10.2. The largest absolute Gasteiger partial charge is 0.469 e. The minimum Gasteiger partial charge on any atom is -0.469 e. The lowest BCUT2D eigenvalue weighted by Gasteiger charge is -2.20. The summed E-state index contributed by atoms with van der Waals surface area (Å²) in [5, 5.41) is 0. The van der Waals surface area contributed by atoms with Gasteiger partial charge in [-0.05, 0) is 12.5 Å². The van der Waals surface area contributed by atoms with Crippen molar-refractivity contribution in [2.24, 2.45) is 0 Å². The average Bonchev–Trinajstić information content (AvgIpc) is 2.48. The van der Waals surface area contributed by atoms with Crippen LogP contribution in [0.15, 0.2) is 30.3 Å². The predicted molar refractivity (Wildman–Crippen MR) is 75.0 cm³/mol. The number of likely N-dealkylation sites (N-methyl/N-ethyl adjacent to an activating group) is 1. The number of rotatable bonds is 8. The highest BCUT2D eigenvalue weighted by Crippen LogP contribution is 2.01. The van der Waals surface area contributed by atoms with Crippen molar-refractivity contribution in [2.45, 2.75) is 20.0 Å². The summed E-state index contributed by atoms with van der Waals surface area (Å²) < 4.78 is 9.95. The summed E-state index contributed by atoms with van der Waals surface area (Å²) in [7, 11) is 1.34. The van der Waals surface area contributed by atoms with Crippen LogP contribution in [0.2, 0.25) is 0 Å². The number of carbonyl (C=O) groups is 2. The van der Waals surface area contributed by atoms with Gasteiger partial charge >= 0.3 is 5.97 Å². The van der Waals surface area contributed by atoms with Gasteiger partial charge < -0.3 is 14.4 Å². The Morgan fingerprint density at radius 3 is 2.50 bits per heavy atom. The summed E-state index contributed by atoms with van der Waals surface area (Å²) in [4.78, 5) is 24.6. The normalized spacial score (nSPS) is 10.1. The Morgan fingerprint density at radius 1 is 1.20 bits per heavy atom. The van der Waals surface area contributed by atoms with Gasteiger partial charge in [0.1, 0.15) is 6.61 Å². The number of nitrogens with zero attached hydrogens (tertiary/aromatic N) is 1. The van der Waals surface area contributed by atoms with Gasteiger partial charge in [0.2, 0.25) is 5.91 Å². The molecule has 0 N–H and O–H groups in total. The van der Waals surface area contributed by atoms with Crippen molar-refractivity contribution in [2.75, 3.05) is 26.8 Å². The molecule has 5 nitrogen and oxygen atoms in total. The third-order valence-electron chi connectivity index (χ3n) is 2.89. The van der Waals surface area contributed by atoms with E-state index in [9.17, 15) is 9.59 Å². The fourth-order valence-electron chi connectivity index (χ4n) is 1.71. The fraction of sp³-hybridized carbons (Fsp3) is 0.467. The molecular weight excluding hydrogens is 258 g/mol. The Morgan fingerprint density at radius 2 is 1.90 bits per heavy atom. The van der Waals surface area contributed by atoms with Crippen LogP contribution in [0.1, 0.15) is 18.9 Å². The molecule has 5 heteroatoms. The first-order valence-corrected chi connectivity index (χ1v) is 6.63. The molecule has 0 aliphatic heterocycles. The minimum atomic E-state index is -0.318. The van der Waals surface area contributed by atoms with E-state index in [1.807, 2.05) is 37.3 Å². The van der Waals surface area contributed by atoms with Crippen LogP contribution in [0.25, 0.3) is 0 Å². The van der Waals surface area contributed by atoms with Crippen LogP contribution in [0, 0.1) is 0 Å². The molecule has 1 aromatic rings. The number of esters is 1. The number of carbonyl (C=O) groups excluding carboxylic acids is 2. The molecule has 1 rings (SSSR count). The maximum absolute atomic E-state index is 11.9. The summed E-state index contributed by atoms with van der Waals surface area (Å²) in [6.45, 7) is 3.19. The molecule has 0 atom stereocenters. The summed E-state index contributed by atoms with van der Waals surface area (Å²) >= 11 is 0. The van der Waals surface area contributed by atoms with E-state index in [2.05, 4.69) is 4.74 Å². The van der Waals surface area contributed by atoms with Crippen molar-refractivity contribution in [3.05, 3.63) is 35.9 Å². The summed E-state index contributed by atoms with van der Waals surface area (Å²) in [6, 6.07) is 9.67. The smallest absolute Gasteiger partial charge is 0.307 e. The van der Waals surface area contributed by atoms with Crippen molar-refractivity contribution in [3.8, 4) is 0 Å². The van der Waals surface area contributed by atoms with Crippen LogP contribution in [0.3, 0.4) is 0 Å². The molecule has 0 spiro atoms. The van der Waals surface area contributed by atoms with E-state index < -0.39 is 0 Å². The molecule has 1 aromatic carbocycles. The molecule has 0 bridgehead atoms. The Bertz CT molecular complexity index is 419. The standard InChI is InChI=1S/C15H21NO4/c1-3-16(10-9-15(18)19-2)14(17)12-20-11-13-7-5-4-6-8-13/h4-8H,3,9-12H2,1-2H3. The van der Waals surface area contributed by atoms with E-state index in [4.69, 9.17) is 4.74 Å². The highest BCUT2D eigenvalue weighted by atomic mass is 16.5. The zero-order chi connectivity index (χ0) is 14.8. The first-order valence-electron chi connectivity index (χ1n) is 6.63. The Labute approximate surface area is 119 Å². The van der Waals surface area contributed by atoms with Gasteiger partial charge in [-0.15, -0.1) is 0 Å². The van der Waals surface area contributed by atoms with Crippen LogP contribution < -0.4 is 0 Å². The molecule has 0 saturated carbocycles. The molecule has 1 amide bonds. The van der Waals surface area contributed by atoms with E-state index in [1.165, 1.54) is 7.11 Å². The van der Waals surface area contributed by atoms with Crippen LogP contribution in [-0.2, 0) is 25.7 Å². The Hall–Kier alpha value is -1.88. The number of methoxy groups -OCH3 is 1. The molecule has 110 valence electrons. The number of amides is 1. The van der Waals surface area contributed by atoms with Crippen molar-refractivity contribution in [1.29, 1.82) is 0 Å². The van der Waals surface area contributed by atoms with Gasteiger partial charge in [0, 0.05) is 13.1 Å². The van der Waals surface area contributed by atoms with Crippen LogP contribution in [-0.4, -0.2) is 43.6 Å². The van der Waals surface area contributed by atoms with Crippen LogP contribution in [0.5, 0.6) is 0 Å². The monoisotopic (exact) mass is 279 g/mol. The van der Waals surface area contributed by atoms with E-state index in [0.29, 0.717) is 19.7 Å². The molecule has 0 aromatic heterocycles.